The Morgan fingerprint density at radius 3 is 2.76 bits per heavy atom. The number of aromatic nitrogens is 3. The van der Waals surface area contributed by atoms with Gasteiger partial charge in [0.2, 0.25) is 10.0 Å². The summed E-state index contributed by atoms with van der Waals surface area (Å²) in [5.74, 6) is -0.446. The fourth-order valence-corrected chi connectivity index (χ4v) is 5.63. The van der Waals surface area contributed by atoms with E-state index < -0.39 is 15.9 Å². The standard InChI is InChI=1S/C20H22N6O4S3/c1-31-32-12-17(21)20(27)24-18-7-13(8-19-16(18)11-23-25-19)14-6-15(10-22-9-14)33(28,29)26-2-4-30-5-3-26/h6-12H,2-5,21H2,1H3,(H,23,25)(H,24,27)/b17-12-. The molecule has 0 unspecified atom stereocenters. The number of nitrogens with two attached hydrogens (primary N) is 1. The third-order valence-corrected chi connectivity index (χ3v) is 8.27. The summed E-state index contributed by atoms with van der Waals surface area (Å²) in [5.41, 5.74) is 8.35. The molecule has 0 atom stereocenters. The van der Waals surface area contributed by atoms with Crippen molar-refractivity contribution in [2.75, 3.05) is 37.9 Å². The third-order valence-electron chi connectivity index (χ3n) is 4.99. The number of hydrogen-bond donors (Lipinski definition) is 3. The number of nitrogens with zero attached hydrogens (tertiary/aromatic N) is 3. The number of anilines is 1. The highest BCUT2D eigenvalue weighted by molar-refractivity contribution is 8.77. The Morgan fingerprint density at radius 2 is 2.00 bits per heavy atom. The van der Waals surface area contributed by atoms with Crippen LogP contribution in [0.1, 0.15) is 0 Å². The topological polar surface area (TPSA) is 143 Å². The van der Waals surface area contributed by atoms with E-state index in [1.165, 1.54) is 32.1 Å². The van der Waals surface area contributed by atoms with Gasteiger partial charge in [-0.15, -0.1) is 0 Å². The molecule has 1 fully saturated rings. The van der Waals surface area contributed by atoms with Gasteiger partial charge in [0.15, 0.2) is 0 Å². The summed E-state index contributed by atoms with van der Waals surface area (Å²) in [6, 6.07) is 5.14. The molecule has 0 radical (unpaired) electrons. The highest BCUT2D eigenvalue weighted by atomic mass is 33.1. The van der Waals surface area contributed by atoms with Crippen LogP contribution in [0.15, 0.2) is 52.8 Å². The van der Waals surface area contributed by atoms with Crippen LogP contribution in [0.5, 0.6) is 0 Å². The molecule has 1 aliphatic heterocycles. The number of carbonyl (C=O) groups is 1. The first-order chi connectivity index (χ1) is 15.9. The summed E-state index contributed by atoms with van der Waals surface area (Å²) < 4.78 is 32.7. The lowest BCUT2D eigenvalue weighted by Crippen LogP contribution is -2.40. The first-order valence-electron chi connectivity index (χ1n) is 9.87. The number of sulfonamides is 1. The van der Waals surface area contributed by atoms with Crippen molar-refractivity contribution < 1.29 is 17.9 Å². The Kier molecular flexibility index (Phi) is 7.24. The van der Waals surface area contributed by atoms with Crippen LogP contribution < -0.4 is 11.1 Å². The van der Waals surface area contributed by atoms with Crippen LogP contribution in [-0.2, 0) is 19.6 Å². The average Bonchev–Trinajstić information content (AvgIpc) is 3.32. The van der Waals surface area contributed by atoms with Gasteiger partial charge in [-0.2, -0.15) is 9.40 Å². The maximum absolute atomic E-state index is 13.0. The number of carbonyl (C=O) groups excluding carboxylic acids is 1. The molecule has 33 heavy (non-hydrogen) atoms. The fourth-order valence-electron chi connectivity index (χ4n) is 3.32. The monoisotopic (exact) mass is 506 g/mol. The van der Waals surface area contributed by atoms with Gasteiger partial charge in [-0.25, -0.2) is 8.42 Å². The molecule has 1 saturated heterocycles. The quantitative estimate of drug-likeness (QED) is 0.325. The minimum atomic E-state index is -3.70. The lowest BCUT2D eigenvalue weighted by atomic mass is 10.0. The van der Waals surface area contributed by atoms with E-state index >= 15 is 0 Å². The fraction of sp³-hybridized carbons (Fsp3) is 0.250. The van der Waals surface area contributed by atoms with Gasteiger partial charge in [0, 0.05) is 41.8 Å². The Morgan fingerprint density at radius 1 is 1.21 bits per heavy atom. The predicted octanol–water partition coefficient (Wildman–Crippen LogP) is 2.40. The van der Waals surface area contributed by atoms with Crippen molar-refractivity contribution in [2.24, 2.45) is 5.73 Å². The molecule has 0 spiro atoms. The minimum Gasteiger partial charge on any atom is -0.394 e. The van der Waals surface area contributed by atoms with E-state index in [1.54, 1.807) is 29.9 Å². The summed E-state index contributed by atoms with van der Waals surface area (Å²) in [6.07, 6.45) is 6.39. The van der Waals surface area contributed by atoms with Crippen molar-refractivity contribution in [3.05, 3.63) is 47.9 Å². The number of fused-ring (bicyclic) bond motifs is 1. The molecule has 1 amide bonds. The number of aromatic amines is 1. The maximum Gasteiger partial charge on any atom is 0.272 e. The van der Waals surface area contributed by atoms with Crippen LogP contribution in [0.2, 0.25) is 0 Å². The molecule has 1 aliphatic rings. The molecule has 3 aromatic rings. The number of rotatable bonds is 7. The number of hydrogen-bond acceptors (Lipinski definition) is 9. The van der Waals surface area contributed by atoms with E-state index in [1.807, 2.05) is 12.3 Å². The number of morpholine rings is 1. The van der Waals surface area contributed by atoms with Crippen molar-refractivity contribution in [3.63, 3.8) is 0 Å². The second kappa shape index (κ2) is 10.1. The van der Waals surface area contributed by atoms with Crippen molar-refractivity contribution >= 4 is 54.1 Å². The van der Waals surface area contributed by atoms with Crippen LogP contribution in [0.25, 0.3) is 22.0 Å². The van der Waals surface area contributed by atoms with Crippen LogP contribution >= 0.6 is 21.6 Å². The van der Waals surface area contributed by atoms with Crippen molar-refractivity contribution in [2.45, 2.75) is 4.90 Å². The molecule has 4 rings (SSSR count). The Bertz CT molecular complexity index is 1300. The maximum atomic E-state index is 13.0. The van der Waals surface area contributed by atoms with E-state index in [0.717, 1.165) is 0 Å². The normalized spacial score (nSPS) is 15.6. The largest absolute Gasteiger partial charge is 0.394 e. The second-order valence-corrected chi connectivity index (χ2v) is 11.3. The summed E-state index contributed by atoms with van der Waals surface area (Å²) >= 11 is 0. The number of benzene rings is 1. The van der Waals surface area contributed by atoms with Gasteiger partial charge in [-0.3, -0.25) is 14.9 Å². The Balaban J connectivity index is 1.69. The first kappa shape index (κ1) is 23.6. The zero-order valence-electron chi connectivity index (χ0n) is 17.6. The highest BCUT2D eigenvalue weighted by Crippen LogP contribution is 2.31. The zero-order chi connectivity index (χ0) is 23.4. The Labute approximate surface area is 198 Å². The van der Waals surface area contributed by atoms with E-state index in [9.17, 15) is 13.2 Å². The lowest BCUT2D eigenvalue weighted by Gasteiger charge is -2.26. The molecule has 0 saturated carbocycles. The van der Waals surface area contributed by atoms with Gasteiger partial charge in [0.25, 0.3) is 5.91 Å². The molecular formula is C20H22N6O4S3. The molecule has 13 heteroatoms. The molecule has 4 N–H and O–H groups in total. The number of amides is 1. The van der Waals surface area contributed by atoms with Gasteiger partial charge in [0.05, 0.1) is 30.6 Å². The smallest absolute Gasteiger partial charge is 0.272 e. The van der Waals surface area contributed by atoms with E-state index in [4.69, 9.17) is 10.5 Å². The van der Waals surface area contributed by atoms with Gasteiger partial charge >= 0.3 is 0 Å². The number of pyridine rings is 1. The highest BCUT2D eigenvalue weighted by Gasteiger charge is 2.27. The third kappa shape index (κ3) is 5.17. The molecule has 2 aromatic heterocycles. The van der Waals surface area contributed by atoms with Crippen LogP contribution in [-0.4, -0.2) is 66.4 Å². The molecule has 0 aliphatic carbocycles. The molecular weight excluding hydrogens is 484 g/mol. The van der Waals surface area contributed by atoms with Crippen molar-refractivity contribution in [3.8, 4) is 11.1 Å². The van der Waals surface area contributed by atoms with E-state index in [-0.39, 0.29) is 10.6 Å². The molecule has 0 bridgehead atoms. The first-order valence-corrected chi connectivity index (χ1v) is 13.9. The van der Waals surface area contributed by atoms with Crippen LogP contribution in [0, 0.1) is 0 Å². The Hall–Kier alpha value is -2.58. The average molecular weight is 507 g/mol. The van der Waals surface area contributed by atoms with Gasteiger partial charge in [0.1, 0.15) is 10.6 Å². The number of ether oxygens (including phenoxy) is 1. The van der Waals surface area contributed by atoms with Gasteiger partial charge in [-0.1, -0.05) is 21.6 Å². The zero-order valence-corrected chi connectivity index (χ0v) is 20.1. The minimum absolute atomic E-state index is 0.0802. The predicted molar refractivity (Wildman–Crippen MR) is 131 cm³/mol. The van der Waals surface area contributed by atoms with E-state index in [2.05, 4.69) is 20.5 Å². The van der Waals surface area contributed by atoms with Crippen LogP contribution in [0.4, 0.5) is 5.69 Å². The van der Waals surface area contributed by atoms with Gasteiger partial charge in [-0.05, 0) is 30.0 Å². The molecule has 3 heterocycles. The summed E-state index contributed by atoms with van der Waals surface area (Å²) in [5, 5.41) is 12.0. The summed E-state index contributed by atoms with van der Waals surface area (Å²) in [4.78, 5) is 16.8. The molecule has 10 nitrogen and oxygen atoms in total. The molecule has 1 aromatic carbocycles. The van der Waals surface area contributed by atoms with Crippen molar-refractivity contribution in [1.29, 1.82) is 0 Å². The lowest BCUT2D eigenvalue weighted by molar-refractivity contribution is -0.112. The van der Waals surface area contributed by atoms with Gasteiger partial charge < -0.3 is 15.8 Å². The number of nitrogens with one attached hydrogen (secondary N) is 2. The van der Waals surface area contributed by atoms with Crippen LogP contribution in [0.3, 0.4) is 0 Å². The molecule has 174 valence electrons. The van der Waals surface area contributed by atoms with E-state index in [0.29, 0.717) is 54.0 Å². The second-order valence-electron chi connectivity index (χ2n) is 7.07. The summed E-state index contributed by atoms with van der Waals surface area (Å²) in [7, 11) is -0.882. The number of H-pyrrole nitrogens is 1. The van der Waals surface area contributed by atoms with Crippen molar-refractivity contribution in [1.82, 2.24) is 19.5 Å². The summed E-state index contributed by atoms with van der Waals surface area (Å²) in [6.45, 7) is 1.32. The SMILES string of the molecule is CSS/C=C(\N)C(=O)Nc1cc(-c2cncc(S(=O)(=O)N3CCOCC3)c2)cc2[nH]ncc12.